The van der Waals surface area contributed by atoms with Crippen molar-refractivity contribution in [1.82, 2.24) is 20.2 Å². The summed E-state index contributed by atoms with van der Waals surface area (Å²) in [6, 6.07) is 5.85. The van der Waals surface area contributed by atoms with Crippen LogP contribution in [0, 0.1) is 0 Å². The number of aromatic nitrogens is 4. The van der Waals surface area contributed by atoms with Gasteiger partial charge in [-0.25, -0.2) is 4.68 Å². The number of hydrogen-bond donors (Lipinski definition) is 1. The average molecular weight is 221 g/mol. The Kier molecular flexibility index (Phi) is 2.64. The Morgan fingerprint density at radius 1 is 1.33 bits per heavy atom. The molecule has 0 saturated heterocycles. The first-order valence-corrected chi connectivity index (χ1v) is 6.72. The molecule has 1 heterocycles. The summed E-state index contributed by atoms with van der Waals surface area (Å²) in [7, 11) is -0.215. The van der Waals surface area contributed by atoms with E-state index in [2.05, 4.69) is 28.9 Å². The van der Waals surface area contributed by atoms with E-state index in [4.69, 9.17) is 5.73 Å². The van der Waals surface area contributed by atoms with Gasteiger partial charge in [0.25, 0.3) is 0 Å². The molecule has 0 atom stereocenters. The summed E-state index contributed by atoms with van der Waals surface area (Å²) in [5.74, 6) is 0. The highest BCUT2D eigenvalue weighted by molar-refractivity contribution is 7.64. The van der Waals surface area contributed by atoms with Crippen molar-refractivity contribution in [2.75, 3.05) is 19.1 Å². The molecule has 78 valence electrons. The van der Waals surface area contributed by atoms with Crippen LogP contribution in [0.25, 0.3) is 5.69 Å². The van der Waals surface area contributed by atoms with Gasteiger partial charge < -0.3 is 5.73 Å². The second kappa shape index (κ2) is 3.95. The van der Waals surface area contributed by atoms with Crippen LogP contribution in [-0.2, 0) is 0 Å². The minimum absolute atomic E-state index is 0.215. The first-order valence-electron chi connectivity index (χ1n) is 4.48. The Labute approximate surface area is 89.0 Å². The molecule has 0 aliphatic rings. The van der Waals surface area contributed by atoms with Gasteiger partial charge in [-0.2, -0.15) is 0 Å². The second-order valence-corrected chi connectivity index (χ2v) is 5.66. The molecule has 0 radical (unpaired) electrons. The fourth-order valence-corrected chi connectivity index (χ4v) is 2.32. The van der Waals surface area contributed by atoms with Crippen molar-refractivity contribution in [3.63, 3.8) is 0 Å². The van der Waals surface area contributed by atoms with Gasteiger partial charge in [-0.3, -0.25) is 0 Å². The van der Waals surface area contributed by atoms with E-state index in [0.717, 1.165) is 11.4 Å². The number of rotatable bonds is 2. The van der Waals surface area contributed by atoms with Crippen LogP contribution in [0.4, 0.5) is 5.69 Å². The molecule has 5 nitrogen and oxygen atoms in total. The zero-order valence-corrected chi connectivity index (χ0v) is 9.52. The van der Waals surface area contributed by atoms with Crippen molar-refractivity contribution < 1.29 is 0 Å². The van der Waals surface area contributed by atoms with E-state index in [-0.39, 0.29) is 7.92 Å². The van der Waals surface area contributed by atoms with Crippen molar-refractivity contribution in [1.29, 1.82) is 0 Å². The number of tetrazole rings is 1. The summed E-state index contributed by atoms with van der Waals surface area (Å²) < 4.78 is 1.63. The van der Waals surface area contributed by atoms with Gasteiger partial charge in [-0.15, -0.1) is 5.10 Å². The predicted octanol–water partition coefficient (Wildman–Crippen LogP) is 0.611. The summed E-state index contributed by atoms with van der Waals surface area (Å²) in [4.78, 5) is 0. The molecule has 0 spiro atoms. The fraction of sp³-hybridized carbons (Fsp3) is 0.222. The molecule has 2 N–H and O–H groups in total. The monoisotopic (exact) mass is 221 g/mol. The summed E-state index contributed by atoms with van der Waals surface area (Å²) in [5, 5.41) is 12.2. The highest BCUT2D eigenvalue weighted by atomic mass is 31.1. The number of nitrogens with zero attached hydrogens (tertiary/aromatic N) is 4. The van der Waals surface area contributed by atoms with Gasteiger partial charge in [-0.1, -0.05) is 7.92 Å². The Bertz CT molecular complexity index is 452. The molecule has 1 aromatic carbocycles. The van der Waals surface area contributed by atoms with Gasteiger partial charge in [0.05, 0.1) is 5.69 Å². The van der Waals surface area contributed by atoms with E-state index >= 15 is 0 Å². The van der Waals surface area contributed by atoms with Gasteiger partial charge in [0.1, 0.15) is 6.33 Å². The van der Waals surface area contributed by atoms with Crippen LogP contribution in [0.5, 0.6) is 0 Å². The maximum Gasteiger partial charge on any atom is 0.143 e. The van der Waals surface area contributed by atoms with Gasteiger partial charge in [0.15, 0.2) is 0 Å². The number of nitrogens with two attached hydrogens (primary N) is 1. The SMILES string of the molecule is CP(C)c1cc(-n2cnnn2)ccc1N. The Morgan fingerprint density at radius 2 is 2.13 bits per heavy atom. The van der Waals surface area contributed by atoms with Gasteiger partial charge in [-0.05, 0) is 42.0 Å². The van der Waals surface area contributed by atoms with Gasteiger partial charge >= 0.3 is 0 Å². The molecule has 2 aromatic rings. The number of benzene rings is 1. The lowest BCUT2D eigenvalue weighted by molar-refractivity contribution is 0.789. The molecule has 1 aromatic heterocycles. The first-order chi connectivity index (χ1) is 7.18. The van der Waals surface area contributed by atoms with Crippen molar-refractivity contribution in [2.24, 2.45) is 0 Å². The third-order valence-corrected chi connectivity index (χ3v) is 3.46. The topological polar surface area (TPSA) is 69.6 Å². The Morgan fingerprint density at radius 3 is 2.73 bits per heavy atom. The van der Waals surface area contributed by atoms with Crippen LogP contribution in [-0.4, -0.2) is 33.5 Å². The van der Waals surface area contributed by atoms with E-state index in [9.17, 15) is 0 Å². The quantitative estimate of drug-likeness (QED) is 0.596. The van der Waals surface area contributed by atoms with Crippen LogP contribution in [0.15, 0.2) is 24.5 Å². The Balaban J connectivity index is 2.48. The standard InChI is InChI=1S/C9H12N5P/c1-15(2)9-5-7(3-4-8(9)10)14-6-11-12-13-14/h3-6H,10H2,1-2H3. The van der Waals surface area contributed by atoms with Gasteiger partial charge in [0, 0.05) is 11.0 Å². The normalized spacial score (nSPS) is 10.9. The summed E-state index contributed by atoms with van der Waals surface area (Å²) in [6.45, 7) is 4.34. The van der Waals surface area contributed by atoms with Crippen molar-refractivity contribution in [3.05, 3.63) is 24.5 Å². The number of anilines is 1. The molecule has 0 unspecified atom stereocenters. The third kappa shape index (κ3) is 1.97. The van der Waals surface area contributed by atoms with Crippen molar-refractivity contribution in [3.8, 4) is 5.69 Å². The molecular weight excluding hydrogens is 209 g/mol. The highest BCUT2D eigenvalue weighted by Crippen LogP contribution is 2.27. The molecule has 0 fully saturated rings. The smallest absolute Gasteiger partial charge is 0.143 e. The lowest BCUT2D eigenvalue weighted by Gasteiger charge is -2.11. The Hall–Kier alpha value is -1.48. The summed E-state index contributed by atoms with van der Waals surface area (Å²) in [6.07, 6.45) is 1.57. The molecule has 0 aliphatic carbocycles. The molecule has 0 amide bonds. The van der Waals surface area contributed by atoms with Crippen LogP contribution in [0.3, 0.4) is 0 Å². The molecule has 6 heteroatoms. The molecule has 0 bridgehead atoms. The first kappa shape index (κ1) is 10.1. The molecule has 2 rings (SSSR count). The fourth-order valence-electron chi connectivity index (χ4n) is 1.34. The predicted molar refractivity (Wildman–Crippen MR) is 62.0 cm³/mol. The van der Waals surface area contributed by atoms with Gasteiger partial charge in [0.2, 0.25) is 0 Å². The van der Waals surface area contributed by atoms with Crippen molar-refractivity contribution in [2.45, 2.75) is 0 Å². The molecule has 0 aliphatic heterocycles. The number of nitrogen functional groups attached to an aromatic ring is 1. The lowest BCUT2D eigenvalue weighted by Crippen LogP contribution is -2.09. The molecular formula is C9H12N5P. The maximum absolute atomic E-state index is 5.90. The summed E-state index contributed by atoms with van der Waals surface area (Å²) >= 11 is 0. The van der Waals surface area contributed by atoms with Crippen LogP contribution in [0.2, 0.25) is 0 Å². The highest BCUT2D eigenvalue weighted by Gasteiger charge is 2.06. The van der Waals surface area contributed by atoms with Crippen LogP contribution >= 0.6 is 7.92 Å². The van der Waals surface area contributed by atoms with Crippen LogP contribution in [0.1, 0.15) is 0 Å². The molecule has 0 saturated carbocycles. The van der Waals surface area contributed by atoms with E-state index in [1.165, 1.54) is 5.30 Å². The minimum atomic E-state index is -0.215. The average Bonchev–Trinajstić information content (AvgIpc) is 2.71. The van der Waals surface area contributed by atoms with Crippen LogP contribution < -0.4 is 11.0 Å². The van der Waals surface area contributed by atoms with Crippen molar-refractivity contribution >= 4 is 18.9 Å². The van der Waals surface area contributed by atoms with E-state index < -0.39 is 0 Å². The minimum Gasteiger partial charge on any atom is -0.398 e. The zero-order valence-electron chi connectivity index (χ0n) is 8.62. The second-order valence-electron chi connectivity index (χ2n) is 3.39. The lowest BCUT2D eigenvalue weighted by atomic mass is 10.3. The summed E-state index contributed by atoms with van der Waals surface area (Å²) in [5.41, 5.74) is 7.68. The van der Waals surface area contributed by atoms with E-state index in [1.807, 2.05) is 18.2 Å². The maximum atomic E-state index is 5.90. The number of hydrogen-bond acceptors (Lipinski definition) is 4. The van der Waals surface area contributed by atoms with E-state index in [1.54, 1.807) is 11.0 Å². The molecule has 15 heavy (non-hydrogen) atoms. The zero-order chi connectivity index (χ0) is 10.8. The third-order valence-electron chi connectivity index (χ3n) is 2.11. The largest absolute Gasteiger partial charge is 0.398 e. The van der Waals surface area contributed by atoms with E-state index in [0.29, 0.717) is 0 Å².